The van der Waals surface area contributed by atoms with Gasteiger partial charge in [-0.05, 0) is 49.3 Å². The Kier molecular flexibility index (Phi) is 4.53. The van der Waals surface area contributed by atoms with Crippen LogP contribution in [0.2, 0.25) is 0 Å². The summed E-state index contributed by atoms with van der Waals surface area (Å²) in [5.74, 6) is 0.901. The molecule has 0 bridgehead atoms. The van der Waals surface area contributed by atoms with Crippen molar-refractivity contribution in [2.75, 3.05) is 0 Å². The zero-order chi connectivity index (χ0) is 14.7. The lowest BCUT2D eigenvalue weighted by Gasteiger charge is -2.14. The van der Waals surface area contributed by atoms with Crippen LogP contribution in [0, 0.1) is 13.8 Å². The lowest BCUT2D eigenvalue weighted by atomic mass is 9.94. The fourth-order valence-corrected chi connectivity index (χ4v) is 2.32. The molecule has 1 aromatic heterocycles. The Morgan fingerprint density at radius 2 is 1.60 bits per heavy atom. The molecule has 1 atom stereocenters. The first-order chi connectivity index (χ1) is 9.47. The van der Waals surface area contributed by atoms with Crippen LogP contribution in [-0.4, -0.2) is 10.2 Å². The van der Waals surface area contributed by atoms with E-state index in [9.17, 15) is 0 Å². The predicted molar refractivity (Wildman–Crippen MR) is 84.2 cm³/mol. The van der Waals surface area contributed by atoms with Crippen molar-refractivity contribution in [2.24, 2.45) is 0 Å². The van der Waals surface area contributed by atoms with Crippen molar-refractivity contribution in [1.82, 2.24) is 10.2 Å². The van der Waals surface area contributed by atoms with Gasteiger partial charge in [0.15, 0.2) is 0 Å². The van der Waals surface area contributed by atoms with E-state index in [1.54, 1.807) is 0 Å². The summed E-state index contributed by atoms with van der Waals surface area (Å²) in [7, 11) is 0. The molecule has 0 aliphatic carbocycles. The third-order valence-electron chi connectivity index (χ3n) is 3.84. The zero-order valence-electron chi connectivity index (χ0n) is 13.1. The molecule has 2 rings (SSSR count). The number of rotatable bonds is 4. The van der Waals surface area contributed by atoms with Gasteiger partial charge in [-0.25, -0.2) is 0 Å². The second-order valence-corrected chi connectivity index (χ2v) is 6.07. The molecule has 0 radical (unpaired) electrons. The summed E-state index contributed by atoms with van der Waals surface area (Å²) in [4.78, 5) is 0. The lowest BCUT2D eigenvalue weighted by Crippen LogP contribution is -2.06. The summed E-state index contributed by atoms with van der Waals surface area (Å²) in [6.45, 7) is 10.8. The maximum Gasteiger partial charge on any atom is 0.0666 e. The van der Waals surface area contributed by atoms with Crippen molar-refractivity contribution in [3.05, 3.63) is 58.4 Å². The first-order valence-corrected chi connectivity index (χ1v) is 7.37. The van der Waals surface area contributed by atoms with Crippen LogP contribution in [-0.2, 0) is 6.42 Å². The van der Waals surface area contributed by atoms with E-state index in [1.807, 2.05) is 0 Å². The molecule has 0 saturated carbocycles. The Hall–Kier alpha value is -1.70. The van der Waals surface area contributed by atoms with Gasteiger partial charge >= 0.3 is 0 Å². The molecule has 2 nitrogen and oxygen atoms in total. The van der Waals surface area contributed by atoms with Crippen molar-refractivity contribution in [3.8, 4) is 0 Å². The van der Waals surface area contributed by atoms with Crippen LogP contribution in [0.15, 0.2) is 30.3 Å². The number of aryl methyl sites for hydroxylation is 2. The van der Waals surface area contributed by atoms with E-state index < -0.39 is 0 Å². The summed E-state index contributed by atoms with van der Waals surface area (Å²) in [6.07, 6.45) is 0.945. The Balaban J connectivity index is 2.15. The van der Waals surface area contributed by atoms with Gasteiger partial charge in [0.25, 0.3) is 0 Å². The maximum absolute atomic E-state index is 4.43. The minimum Gasteiger partial charge on any atom is -0.155 e. The van der Waals surface area contributed by atoms with Crippen LogP contribution < -0.4 is 0 Å². The SMILES string of the molecule is Cc1ccc([C@@H](C)Cc2nnc(C(C)C)cc2C)cc1. The first-order valence-electron chi connectivity index (χ1n) is 7.37. The minimum absolute atomic E-state index is 0.435. The molecule has 0 aliphatic rings. The quantitative estimate of drug-likeness (QED) is 0.812. The molecular weight excluding hydrogens is 244 g/mol. The molecule has 106 valence electrons. The van der Waals surface area contributed by atoms with Gasteiger partial charge in [0.05, 0.1) is 11.4 Å². The third kappa shape index (κ3) is 3.44. The highest BCUT2D eigenvalue weighted by Gasteiger charge is 2.11. The van der Waals surface area contributed by atoms with Crippen molar-refractivity contribution < 1.29 is 0 Å². The van der Waals surface area contributed by atoms with Gasteiger partial charge in [0, 0.05) is 0 Å². The fraction of sp³-hybridized carbons (Fsp3) is 0.444. The van der Waals surface area contributed by atoms with E-state index in [1.165, 1.54) is 16.7 Å². The van der Waals surface area contributed by atoms with Crippen LogP contribution >= 0.6 is 0 Å². The van der Waals surface area contributed by atoms with Crippen LogP contribution in [0.5, 0.6) is 0 Å². The molecule has 0 aliphatic heterocycles. The molecule has 1 heterocycles. The summed E-state index contributed by atoms with van der Waals surface area (Å²) in [5.41, 5.74) is 6.11. The molecule has 20 heavy (non-hydrogen) atoms. The number of benzene rings is 1. The topological polar surface area (TPSA) is 25.8 Å². The van der Waals surface area contributed by atoms with E-state index in [4.69, 9.17) is 0 Å². The highest BCUT2D eigenvalue weighted by molar-refractivity contribution is 5.27. The van der Waals surface area contributed by atoms with E-state index in [0.29, 0.717) is 11.8 Å². The van der Waals surface area contributed by atoms with Gasteiger partial charge in [0.2, 0.25) is 0 Å². The smallest absolute Gasteiger partial charge is 0.0666 e. The van der Waals surface area contributed by atoms with E-state index >= 15 is 0 Å². The summed E-state index contributed by atoms with van der Waals surface area (Å²) < 4.78 is 0. The number of nitrogens with zero attached hydrogens (tertiary/aromatic N) is 2. The Labute approximate surface area is 122 Å². The van der Waals surface area contributed by atoms with E-state index in [2.05, 4.69) is 75.1 Å². The minimum atomic E-state index is 0.435. The van der Waals surface area contributed by atoms with E-state index in [-0.39, 0.29) is 0 Å². The zero-order valence-corrected chi connectivity index (χ0v) is 13.1. The second kappa shape index (κ2) is 6.17. The highest BCUT2D eigenvalue weighted by Crippen LogP contribution is 2.22. The van der Waals surface area contributed by atoms with Crippen LogP contribution in [0.25, 0.3) is 0 Å². The van der Waals surface area contributed by atoms with Crippen LogP contribution in [0.1, 0.15) is 60.7 Å². The Morgan fingerprint density at radius 1 is 0.950 bits per heavy atom. The number of hydrogen-bond donors (Lipinski definition) is 0. The largest absolute Gasteiger partial charge is 0.155 e. The lowest BCUT2D eigenvalue weighted by molar-refractivity contribution is 0.700. The monoisotopic (exact) mass is 268 g/mol. The van der Waals surface area contributed by atoms with Crippen LogP contribution in [0.3, 0.4) is 0 Å². The molecule has 0 N–H and O–H groups in total. The number of aromatic nitrogens is 2. The molecule has 1 aromatic carbocycles. The predicted octanol–water partition coefficient (Wildman–Crippen LogP) is 4.56. The normalized spacial score (nSPS) is 12.7. The third-order valence-corrected chi connectivity index (χ3v) is 3.84. The van der Waals surface area contributed by atoms with Gasteiger partial charge < -0.3 is 0 Å². The first kappa shape index (κ1) is 14.7. The fourth-order valence-electron chi connectivity index (χ4n) is 2.32. The average molecular weight is 268 g/mol. The molecule has 0 spiro atoms. The van der Waals surface area contributed by atoms with Gasteiger partial charge in [-0.1, -0.05) is 50.6 Å². The Morgan fingerprint density at radius 3 is 2.15 bits per heavy atom. The molecule has 0 fully saturated rings. The summed E-state index contributed by atoms with van der Waals surface area (Å²) >= 11 is 0. The van der Waals surface area contributed by atoms with E-state index in [0.717, 1.165) is 17.8 Å². The standard InChI is InChI=1S/C18H24N2/c1-12(2)17-11-15(5)18(20-19-17)10-14(4)16-8-6-13(3)7-9-16/h6-9,11-12,14H,10H2,1-5H3/t14-/m0/s1. The molecular formula is C18H24N2. The van der Waals surface area contributed by atoms with Gasteiger partial charge in [0.1, 0.15) is 0 Å². The molecule has 0 saturated heterocycles. The van der Waals surface area contributed by atoms with Crippen molar-refractivity contribution in [3.63, 3.8) is 0 Å². The molecule has 0 amide bonds. The molecule has 2 heteroatoms. The van der Waals surface area contributed by atoms with Crippen molar-refractivity contribution in [2.45, 2.75) is 52.9 Å². The number of hydrogen-bond acceptors (Lipinski definition) is 2. The Bertz CT molecular complexity index is 570. The maximum atomic E-state index is 4.43. The molecule has 2 aromatic rings. The summed E-state index contributed by atoms with van der Waals surface area (Å²) in [6, 6.07) is 10.9. The van der Waals surface area contributed by atoms with Gasteiger partial charge in [-0.2, -0.15) is 10.2 Å². The van der Waals surface area contributed by atoms with Crippen LogP contribution in [0.4, 0.5) is 0 Å². The highest BCUT2D eigenvalue weighted by atomic mass is 15.1. The van der Waals surface area contributed by atoms with Gasteiger partial charge in [-0.3, -0.25) is 0 Å². The summed E-state index contributed by atoms with van der Waals surface area (Å²) in [5, 5.41) is 8.78. The van der Waals surface area contributed by atoms with Crippen molar-refractivity contribution >= 4 is 0 Å². The van der Waals surface area contributed by atoms with Crippen molar-refractivity contribution in [1.29, 1.82) is 0 Å². The molecule has 0 unspecified atom stereocenters. The second-order valence-electron chi connectivity index (χ2n) is 6.07. The average Bonchev–Trinajstić information content (AvgIpc) is 2.41. The van der Waals surface area contributed by atoms with Gasteiger partial charge in [-0.15, -0.1) is 0 Å².